The molecule has 1 aliphatic carbocycles. The van der Waals surface area contributed by atoms with Gasteiger partial charge in [0.2, 0.25) is 0 Å². The van der Waals surface area contributed by atoms with E-state index in [1.54, 1.807) is 11.8 Å². The van der Waals surface area contributed by atoms with Gasteiger partial charge in [-0.1, -0.05) is 12.1 Å². The van der Waals surface area contributed by atoms with Crippen LogP contribution in [0, 0.1) is 0 Å². The quantitative estimate of drug-likeness (QED) is 0.866. The van der Waals surface area contributed by atoms with E-state index in [0.717, 1.165) is 13.2 Å². The Labute approximate surface area is 125 Å². The average molecular weight is 292 g/mol. The zero-order valence-corrected chi connectivity index (χ0v) is 12.9. The monoisotopic (exact) mass is 292 g/mol. The van der Waals surface area contributed by atoms with Gasteiger partial charge in [0.05, 0.1) is 12.7 Å². The van der Waals surface area contributed by atoms with Crippen molar-refractivity contribution in [1.82, 2.24) is 4.90 Å². The van der Waals surface area contributed by atoms with Crippen LogP contribution in [0.2, 0.25) is 0 Å². The molecule has 3 unspecified atom stereocenters. The number of nitrogens with zero attached hydrogens (tertiary/aromatic N) is 1. The number of morpholine rings is 1. The van der Waals surface area contributed by atoms with Gasteiger partial charge in [-0.3, -0.25) is 4.90 Å². The zero-order valence-electron chi connectivity index (χ0n) is 12.1. The van der Waals surface area contributed by atoms with E-state index in [1.165, 1.54) is 29.7 Å². The molecule has 4 heteroatoms. The van der Waals surface area contributed by atoms with Crippen molar-refractivity contribution in [2.75, 3.05) is 26.0 Å². The second-order valence-corrected chi connectivity index (χ2v) is 6.55. The van der Waals surface area contributed by atoms with Crippen LogP contribution in [-0.4, -0.2) is 43.0 Å². The van der Waals surface area contributed by atoms with Crippen molar-refractivity contribution in [2.24, 2.45) is 5.73 Å². The van der Waals surface area contributed by atoms with Crippen molar-refractivity contribution in [1.29, 1.82) is 0 Å². The molecule has 1 aromatic rings. The van der Waals surface area contributed by atoms with Crippen LogP contribution in [0.3, 0.4) is 0 Å². The predicted octanol–water partition coefficient (Wildman–Crippen LogP) is 2.66. The lowest BCUT2D eigenvalue weighted by atomic mass is 10.0. The van der Waals surface area contributed by atoms with Crippen LogP contribution in [0.5, 0.6) is 0 Å². The van der Waals surface area contributed by atoms with Crippen molar-refractivity contribution in [3.8, 4) is 0 Å². The lowest BCUT2D eigenvalue weighted by molar-refractivity contribution is -0.0711. The molecule has 0 bridgehead atoms. The maximum atomic E-state index is 6.10. The Kier molecular flexibility index (Phi) is 4.66. The van der Waals surface area contributed by atoms with Crippen LogP contribution in [0.1, 0.15) is 30.9 Å². The number of benzene rings is 1. The first-order chi connectivity index (χ1) is 9.83. The highest BCUT2D eigenvalue weighted by atomic mass is 32.2. The number of thioether (sulfide) groups is 1. The Hall–Kier alpha value is -0.550. The van der Waals surface area contributed by atoms with Crippen molar-refractivity contribution < 1.29 is 4.74 Å². The van der Waals surface area contributed by atoms with Gasteiger partial charge in [0.1, 0.15) is 0 Å². The number of fused-ring (bicyclic) bond motifs is 1. The van der Waals surface area contributed by atoms with Gasteiger partial charge in [0.25, 0.3) is 0 Å². The first-order valence-electron chi connectivity index (χ1n) is 7.55. The fourth-order valence-corrected chi connectivity index (χ4v) is 4.04. The minimum absolute atomic E-state index is 0.334. The van der Waals surface area contributed by atoms with Gasteiger partial charge >= 0.3 is 0 Å². The molecule has 2 N–H and O–H groups in total. The molecule has 2 fully saturated rings. The van der Waals surface area contributed by atoms with Crippen molar-refractivity contribution in [2.45, 2.75) is 42.3 Å². The molecule has 0 aromatic heterocycles. The Bertz CT molecular complexity index is 437. The number of hydrogen-bond donors (Lipinski definition) is 1. The number of hydrogen-bond acceptors (Lipinski definition) is 4. The molecule has 0 amide bonds. The van der Waals surface area contributed by atoms with Crippen molar-refractivity contribution >= 4 is 11.8 Å². The molecule has 0 radical (unpaired) electrons. The maximum absolute atomic E-state index is 6.10. The SMILES string of the molecule is CSc1ccc(C(CN)N2CCOC3CCCC32)cc1. The Balaban J connectivity index is 1.80. The third-order valence-corrected chi connectivity index (χ3v) is 5.39. The first-order valence-corrected chi connectivity index (χ1v) is 8.77. The molecule has 2 aliphatic rings. The highest BCUT2D eigenvalue weighted by molar-refractivity contribution is 7.98. The second-order valence-electron chi connectivity index (χ2n) is 5.67. The summed E-state index contributed by atoms with van der Waals surface area (Å²) in [5.74, 6) is 0. The van der Waals surface area contributed by atoms with E-state index in [1.807, 2.05) is 0 Å². The average Bonchev–Trinajstić information content (AvgIpc) is 2.98. The van der Waals surface area contributed by atoms with E-state index < -0.39 is 0 Å². The van der Waals surface area contributed by atoms with Gasteiger partial charge < -0.3 is 10.5 Å². The van der Waals surface area contributed by atoms with E-state index in [2.05, 4.69) is 35.4 Å². The van der Waals surface area contributed by atoms with Crippen molar-refractivity contribution in [3.05, 3.63) is 29.8 Å². The van der Waals surface area contributed by atoms with Crippen molar-refractivity contribution in [3.63, 3.8) is 0 Å². The number of rotatable bonds is 4. The van der Waals surface area contributed by atoms with Crippen LogP contribution in [-0.2, 0) is 4.74 Å². The molecule has 1 saturated carbocycles. The minimum Gasteiger partial charge on any atom is -0.375 e. The molecule has 3 atom stereocenters. The molecule has 1 aliphatic heterocycles. The molecule has 1 saturated heterocycles. The second kappa shape index (κ2) is 6.48. The fraction of sp³-hybridized carbons (Fsp3) is 0.625. The molecular weight excluding hydrogens is 268 g/mol. The molecular formula is C16H24N2OS. The zero-order chi connectivity index (χ0) is 13.9. The summed E-state index contributed by atoms with van der Waals surface area (Å²) in [6.45, 7) is 2.54. The molecule has 0 spiro atoms. The summed E-state index contributed by atoms with van der Waals surface area (Å²) in [5.41, 5.74) is 7.45. The van der Waals surface area contributed by atoms with Crippen LogP contribution < -0.4 is 5.73 Å². The van der Waals surface area contributed by atoms with Gasteiger partial charge in [0, 0.05) is 30.1 Å². The van der Waals surface area contributed by atoms with Crippen LogP contribution in [0.4, 0.5) is 0 Å². The van der Waals surface area contributed by atoms with E-state index >= 15 is 0 Å². The number of nitrogens with two attached hydrogens (primary N) is 1. The molecule has 110 valence electrons. The van der Waals surface area contributed by atoms with E-state index in [0.29, 0.717) is 24.7 Å². The molecule has 1 aromatic carbocycles. The molecule has 1 heterocycles. The third-order valence-electron chi connectivity index (χ3n) is 4.65. The molecule has 20 heavy (non-hydrogen) atoms. The van der Waals surface area contributed by atoms with Gasteiger partial charge in [-0.25, -0.2) is 0 Å². The summed E-state index contributed by atoms with van der Waals surface area (Å²) in [4.78, 5) is 3.90. The molecule has 3 nitrogen and oxygen atoms in total. The van der Waals surface area contributed by atoms with Gasteiger partial charge in [0.15, 0.2) is 0 Å². The van der Waals surface area contributed by atoms with Crippen LogP contribution in [0.15, 0.2) is 29.2 Å². The maximum Gasteiger partial charge on any atom is 0.0731 e. The Morgan fingerprint density at radius 3 is 2.85 bits per heavy atom. The highest BCUT2D eigenvalue weighted by Crippen LogP contribution is 2.35. The van der Waals surface area contributed by atoms with Gasteiger partial charge in [-0.2, -0.15) is 0 Å². The van der Waals surface area contributed by atoms with Crippen LogP contribution in [0.25, 0.3) is 0 Å². The molecule has 3 rings (SSSR count). The topological polar surface area (TPSA) is 38.5 Å². The summed E-state index contributed by atoms with van der Waals surface area (Å²) in [7, 11) is 0. The highest BCUT2D eigenvalue weighted by Gasteiger charge is 2.39. The standard InChI is InChI=1S/C16H24N2OS/c1-20-13-7-5-12(6-8-13)15(11-17)18-9-10-19-16-4-2-3-14(16)18/h5-8,14-16H,2-4,9-11,17H2,1H3. The van der Waals surface area contributed by atoms with Gasteiger partial charge in [-0.15, -0.1) is 11.8 Å². The lowest BCUT2D eigenvalue weighted by Crippen LogP contribution is -2.51. The lowest BCUT2D eigenvalue weighted by Gasteiger charge is -2.42. The largest absolute Gasteiger partial charge is 0.375 e. The Morgan fingerprint density at radius 2 is 2.15 bits per heavy atom. The summed E-state index contributed by atoms with van der Waals surface area (Å²) in [6, 6.07) is 9.79. The van der Waals surface area contributed by atoms with E-state index in [-0.39, 0.29) is 0 Å². The predicted molar refractivity (Wildman–Crippen MR) is 84.1 cm³/mol. The minimum atomic E-state index is 0.334. The number of ether oxygens (including phenoxy) is 1. The summed E-state index contributed by atoms with van der Waals surface area (Å²) < 4.78 is 5.91. The van der Waals surface area contributed by atoms with Gasteiger partial charge in [-0.05, 0) is 43.2 Å². The normalized spacial score (nSPS) is 28.3. The summed E-state index contributed by atoms with van der Waals surface area (Å²) in [5, 5.41) is 0. The fourth-order valence-electron chi connectivity index (χ4n) is 3.63. The van der Waals surface area contributed by atoms with Crippen LogP contribution >= 0.6 is 11.8 Å². The van der Waals surface area contributed by atoms with E-state index in [4.69, 9.17) is 10.5 Å². The summed E-state index contributed by atoms with van der Waals surface area (Å²) in [6.07, 6.45) is 6.30. The summed E-state index contributed by atoms with van der Waals surface area (Å²) >= 11 is 1.78. The smallest absolute Gasteiger partial charge is 0.0731 e. The van der Waals surface area contributed by atoms with E-state index in [9.17, 15) is 0 Å². The Morgan fingerprint density at radius 1 is 1.35 bits per heavy atom. The first kappa shape index (κ1) is 14.4. The third kappa shape index (κ3) is 2.75.